The molecule has 0 amide bonds. The first kappa shape index (κ1) is 18.1. The van der Waals surface area contributed by atoms with E-state index >= 15 is 0 Å². The van der Waals surface area contributed by atoms with Gasteiger partial charge in [0.15, 0.2) is 0 Å². The SMILES string of the molecule is CC=CCCCCC.CCCCCCCC. The summed E-state index contributed by atoms with van der Waals surface area (Å²) in [6.45, 7) is 8.82. The van der Waals surface area contributed by atoms with Crippen LogP contribution in [0.1, 0.15) is 91.9 Å². The fourth-order valence-corrected chi connectivity index (χ4v) is 1.53. The van der Waals surface area contributed by atoms with Crippen molar-refractivity contribution in [3.8, 4) is 0 Å². The molecular weight excluding hydrogens is 192 g/mol. The molecule has 0 heteroatoms. The smallest absolute Gasteiger partial charge is 0.0351 e. The first-order chi connectivity index (χ1) is 7.83. The van der Waals surface area contributed by atoms with Gasteiger partial charge in [-0.15, -0.1) is 0 Å². The molecular formula is C16H34. The van der Waals surface area contributed by atoms with E-state index in [1.807, 2.05) is 0 Å². The van der Waals surface area contributed by atoms with Gasteiger partial charge in [-0.3, -0.25) is 0 Å². The second-order valence-corrected chi connectivity index (χ2v) is 4.48. The van der Waals surface area contributed by atoms with Gasteiger partial charge < -0.3 is 0 Å². The van der Waals surface area contributed by atoms with Crippen LogP contribution >= 0.6 is 0 Å². The van der Waals surface area contributed by atoms with E-state index in [1.165, 1.54) is 64.2 Å². The molecule has 0 unspecified atom stereocenters. The van der Waals surface area contributed by atoms with Crippen molar-refractivity contribution in [1.82, 2.24) is 0 Å². The number of rotatable bonds is 9. The van der Waals surface area contributed by atoms with Gasteiger partial charge in [-0.05, 0) is 19.8 Å². The molecule has 0 bridgehead atoms. The minimum atomic E-state index is 1.27. The molecule has 0 atom stereocenters. The number of hydrogen-bond donors (Lipinski definition) is 0. The molecule has 0 saturated carbocycles. The third-order valence-corrected chi connectivity index (χ3v) is 2.67. The highest BCUT2D eigenvalue weighted by molar-refractivity contribution is 4.75. The average Bonchev–Trinajstić information content (AvgIpc) is 2.31. The highest BCUT2D eigenvalue weighted by Gasteiger charge is 1.83. The zero-order chi connectivity index (χ0) is 12.5. The van der Waals surface area contributed by atoms with Crippen molar-refractivity contribution in [2.45, 2.75) is 91.9 Å². The highest BCUT2D eigenvalue weighted by Crippen LogP contribution is 2.03. The van der Waals surface area contributed by atoms with Gasteiger partial charge in [0.05, 0.1) is 0 Å². The van der Waals surface area contributed by atoms with Crippen molar-refractivity contribution in [3.05, 3.63) is 12.2 Å². The predicted octanol–water partition coefficient (Wildman–Crippen LogP) is 6.51. The summed E-state index contributed by atoms with van der Waals surface area (Å²) in [4.78, 5) is 0. The molecule has 0 N–H and O–H groups in total. The van der Waals surface area contributed by atoms with Crippen LogP contribution in [0, 0.1) is 0 Å². The average molecular weight is 226 g/mol. The van der Waals surface area contributed by atoms with Gasteiger partial charge >= 0.3 is 0 Å². The molecule has 98 valence electrons. The van der Waals surface area contributed by atoms with Crippen LogP contribution in [0.25, 0.3) is 0 Å². The normalized spacial score (nSPS) is 10.2. The Morgan fingerprint density at radius 3 is 1.44 bits per heavy atom. The topological polar surface area (TPSA) is 0 Å². The summed E-state index contributed by atoms with van der Waals surface area (Å²) < 4.78 is 0. The molecule has 0 rings (SSSR count). The molecule has 0 saturated heterocycles. The third kappa shape index (κ3) is 23.5. The Balaban J connectivity index is 0. The van der Waals surface area contributed by atoms with Gasteiger partial charge in [-0.1, -0.05) is 84.3 Å². The molecule has 0 aromatic rings. The second kappa shape index (κ2) is 20.2. The summed E-state index contributed by atoms with van der Waals surface area (Å²) in [5.41, 5.74) is 0. The number of hydrogen-bond acceptors (Lipinski definition) is 0. The van der Waals surface area contributed by atoms with E-state index in [9.17, 15) is 0 Å². The van der Waals surface area contributed by atoms with Crippen molar-refractivity contribution in [1.29, 1.82) is 0 Å². The van der Waals surface area contributed by atoms with Crippen LogP contribution in [0.5, 0.6) is 0 Å². The van der Waals surface area contributed by atoms with E-state index in [-0.39, 0.29) is 0 Å². The molecule has 0 heterocycles. The van der Waals surface area contributed by atoms with E-state index in [4.69, 9.17) is 0 Å². The van der Waals surface area contributed by atoms with Crippen LogP contribution in [-0.2, 0) is 0 Å². The van der Waals surface area contributed by atoms with Crippen LogP contribution in [-0.4, -0.2) is 0 Å². The Kier molecular flexibility index (Phi) is 22.9. The lowest BCUT2D eigenvalue weighted by atomic mass is 10.1. The molecule has 16 heavy (non-hydrogen) atoms. The lowest BCUT2D eigenvalue weighted by Crippen LogP contribution is -1.73. The molecule has 0 aliphatic heterocycles. The summed E-state index contributed by atoms with van der Waals surface area (Å²) in [6.07, 6.45) is 18.2. The van der Waals surface area contributed by atoms with Crippen molar-refractivity contribution in [3.63, 3.8) is 0 Å². The fourth-order valence-electron chi connectivity index (χ4n) is 1.53. The number of allylic oxidation sites excluding steroid dienone is 2. The van der Waals surface area contributed by atoms with E-state index < -0.39 is 0 Å². The molecule has 0 aliphatic carbocycles. The fraction of sp³-hybridized carbons (Fsp3) is 0.875. The largest absolute Gasteiger partial charge is 0.0917 e. The van der Waals surface area contributed by atoms with Gasteiger partial charge in [-0.2, -0.15) is 0 Å². The highest BCUT2D eigenvalue weighted by atomic mass is 13.9. The van der Waals surface area contributed by atoms with Gasteiger partial charge in [0, 0.05) is 0 Å². The van der Waals surface area contributed by atoms with Crippen LogP contribution < -0.4 is 0 Å². The lowest BCUT2D eigenvalue weighted by molar-refractivity contribution is 0.624. The van der Waals surface area contributed by atoms with Crippen LogP contribution in [0.4, 0.5) is 0 Å². The lowest BCUT2D eigenvalue weighted by Gasteiger charge is -1.93. The van der Waals surface area contributed by atoms with Crippen molar-refractivity contribution in [2.24, 2.45) is 0 Å². The minimum Gasteiger partial charge on any atom is -0.0917 e. The zero-order valence-electron chi connectivity index (χ0n) is 12.2. The standard InChI is InChI=1S/C8H18.C8H16/c2*1-3-5-7-8-6-4-2/h3-8H2,1-2H3;3,5H,4,6-8H2,1-2H3. The van der Waals surface area contributed by atoms with Crippen molar-refractivity contribution >= 4 is 0 Å². The first-order valence-corrected chi connectivity index (χ1v) is 7.44. The van der Waals surface area contributed by atoms with E-state index in [1.54, 1.807) is 0 Å². The molecule has 0 aromatic heterocycles. The quantitative estimate of drug-likeness (QED) is 0.310. The molecule has 0 spiro atoms. The van der Waals surface area contributed by atoms with E-state index in [2.05, 4.69) is 39.8 Å². The maximum atomic E-state index is 2.26. The summed E-state index contributed by atoms with van der Waals surface area (Å²) in [5.74, 6) is 0. The maximum Gasteiger partial charge on any atom is -0.0351 e. The Labute approximate surface area is 105 Å². The number of unbranched alkanes of at least 4 members (excludes halogenated alkanes) is 8. The van der Waals surface area contributed by atoms with E-state index in [0.717, 1.165) is 0 Å². The van der Waals surface area contributed by atoms with Crippen molar-refractivity contribution in [2.75, 3.05) is 0 Å². The second-order valence-electron chi connectivity index (χ2n) is 4.48. The summed E-state index contributed by atoms with van der Waals surface area (Å²) in [6, 6.07) is 0. The van der Waals surface area contributed by atoms with Gasteiger partial charge in [0.25, 0.3) is 0 Å². The molecule has 0 aliphatic rings. The Morgan fingerprint density at radius 1 is 0.625 bits per heavy atom. The molecule has 0 fully saturated rings. The Morgan fingerprint density at radius 2 is 1.06 bits per heavy atom. The Bertz CT molecular complexity index is 107. The predicted molar refractivity (Wildman–Crippen MR) is 78.0 cm³/mol. The van der Waals surface area contributed by atoms with Gasteiger partial charge in [-0.25, -0.2) is 0 Å². The zero-order valence-corrected chi connectivity index (χ0v) is 12.2. The van der Waals surface area contributed by atoms with E-state index in [0.29, 0.717) is 0 Å². The van der Waals surface area contributed by atoms with Crippen molar-refractivity contribution < 1.29 is 0 Å². The molecule has 0 aromatic carbocycles. The van der Waals surface area contributed by atoms with Crippen LogP contribution in [0.3, 0.4) is 0 Å². The Hall–Kier alpha value is -0.260. The van der Waals surface area contributed by atoms with Crippen LogP contribution in [0.15, 0.2) is 12.2 Å². The van der Waals surface area contributed by atoms with Gasteiger partial charge in [0.1, 0.15) is 0 Å². The minimum absolute atomic E-state index is 1.27. The van der Waals surface area contributed by atoms with Gasteiger partial charge in [0.2, 0.25) is 0 Å². The monoisotopic (exact) mass is 226 g/mol. The summed E-state index contributed by atoms with van der Waals surface area (Å²) >= 11 is 0. The maximum absolute atomic E-state index is 2.26. The third-order valence-electron chi connectivity index (χ3n) is 2.67. The summed E-state index contributed by atoms with van der Waals surface area (Å²) in [7, 11) is 0. The van der Waals surface area contributed by atoms with Crippen LogP contribution in [0.2, 0.25) is 0 Å². The molecule has 0 radical (unpaired) electrons. The first-order valence-electron chi connectivity index (χ1n) is 7.44. The molecule has 0 nitrogen and oxygen atoms in total. The summed E-state index contributed by atoms with van der Waals surface area (Å²) in [5, 5.41) is 0.